The third-order valence-corrected chi connectivity index (χ3v) is 10.2. The Morgan fingerprint density at radius 1 is 0.977 bits per heavy atom. The van der Waals surface area contributed by atoms with E-state index in [1.165, 1.54) is 0 Å². The molecule has 0 spiro atoms. The molecule has 2 aliphatic heterocycles. The molecule has 3 aromatic rings. The van der Waals surface area contributed by atoms with Crippen LogP contribution >= 0.6 is 0 Å². The van der Waals surface area contributed by atoms with Gasteiger partial charge in [0.05, 0.1) is 25.4 Å². The van der Waals surface area contributed by atoms with Gasteiger partial charge >= 0.3 is 0 Å². The molecular weight excluding hydrogens is 554 g/mol. The zero-order valence-corrected chi connectivity index (χ0v) is 25.6. The lowest BCUT2D eigenvalue weighted by molar-refractivity contribution is -0.181. The van der Waals surface area contributed by atoms with E-state index in [-0.39, 0.29) is 41.3 Å². The fourth-order valence-corrected chi connectivity index (χ4v) is 7.78. The summed E-state index contributed by atoms with van der Waals surface area (Å²) in [6, 6.07) is 17.8. The minimum atomic E-state index is -0.994. The number of rotatable bonds is 6. The molecule has 1 saturated carbocycles. The van der Waals surface area contributed by atoms with Crippen LogP contribution in [0.5, 0.6) is 0 Å². The van der Waals surface area contributed by atoms with Crippen LogP contribution in [0.2, 0.25) is 0 Å². The van der Waals surface area contributed by atoms with Gasteiger partial charge < -0.3 is 19.9 Å². The minimum absolute atomic E-state index is 0.0548. The molecule has 7 rings (SSSR count). The Balaban J connectivity index is 1.29. The molecule has 8 atom stereocenters. The number of nitrogens with one attached hydrogen (secondary N) is 1. The number of hydrogen-bond acceptors (Lipinski definition) is 6. The SMILES string of the molecule is CC(C)(C)c1ccc(N(C(=O)C2C[C@H]3CO[C@H]4OCC2C[C@@H]34)C(C(=O)N[C@@H]2c3ccccc3C[C@@H]2O)c2cccnc2)cc1. The van der Waals surface area contributed by atoms with Gasteiger partial charge in [-0.2, -0.15) is 0 Å². The zero-order chi connectivity index (χ0) is 30.6. The van der Waals surface area contributed by atoms with Gasteiger partial charge in [0.2, 0.25) is 11.8 Å². The topological polar surface area (TPSA) is 101 Å². The lowest BCUT2D eigenvalue weighted by Gasteiger charge is -2.44. The van der Waals surface area contributed by atoms with E-state index in [1.54, 1.807) is 23.4 Å². The molecule has 2 saturated heterocycles. The van der Waals surface area contributed by atoms with Crippen LogP contribution in [0, 0.1) is 23.7 Å². The monoisotopic (exact) mass is 595 g/mol. The number of carbonyl (C=O) groups excluding carboxylic acids is 2. The van der Waals surface area contributed by atoms with E-state index < -0.39 is 18.2 Å². The number of hydrogen-bond donors (Lipinski definition) is 2. The Kier molecular flexibility index (Phi) is 7.55. The van der Waals surface area contributed by atoms with Gasteiger partial charge in [-0.15, -0.1) is 0 Å². The van der Waals surface area contributed by atoms with Gasteiger partial charge in [0.15, 0.2) is 6.29 Å². The summed E-state index contributed by atoms with van der Waals surface area (Å²) in [5, 5.41) is 14.2. The maximum atomic E-state index is 15.0. The second-order valence-corrected chi connectivity index (χ2v) is 13.9. The van der Waals surface area contributed by atoms with Crippen LogP contribution in [0.25, 0.3) is 0 Å². The summed E-state index contributed by atoms with van der Waals surface area (Å²) in [5.74, 6) is -0.137. The van der Waals surface area contributed by atoms with E-state index in [2.05, 4.69) is 31.1 Å². The molecule has 2 amide bonds. The highest BCUT2D eigenvalue weighted by Crippen LogP contribution is 2.49. The Morgan fingerprint density at radius 2 is 1.73 bits per heavy atom. The van der Waals surface area contributed by atoms with Gasteiger partial charge in [-0.1, -0.05) is 63.2 Å². The summed E-state index contributed by atoms with van der Waals surface area (Å²) in [6.45, 7) is 7.52. The van der Waals surface area contributed by atoms with E-state index in [1.807, 2.05) is 54.6 Å². The van der Waals surface area contributed by atoms with Crippen molar-refractivity contribution in [2.45, 2.75) is 69.9 Å². The van der Waals surface area contributed by atoms with Crippen LogP contribution in [0.4, 0.5) is 5.69 Å². The van der Waals surface area contributed by atoms with E-state index in [9.17, 15) is 14.7 Å². The first-order valence-corrected chi connectivity index (χ1v) is 15.8. The number of fused-ring (bicyclic) bond motifs is 2. The van der Waals surface area contributed by atoms with Crippen LogP contribution in [-0.4, -0.2) is 47.5 Å². The Hall–Kier alpha value is -3.59. The van der Waals surface area contributed by atoms with Crippen molar-refractivity contribution in [1.29, 1.82) is 0 Å². The molecule has 3 unspecified atom stereocenters. The fourth-order valence-electron chi connectivity index (χ4n) is 7.78. The molecule has 3 fully saturated rings. The molecule has 8 heteroatoms. The minimum Gasteiger partial charge on any atom is -0.390 e. The van der Waals surface area contributed by atoms with E-state index >= 15 is 0 Å². The smallest absolute Gasteiger partial charge is 0.248 e. The Morgan fingerprint density at radius 3 is 2.45 bits per heavy atom. The molecule has 2 aliphatic carbocycles. The van der Waals surface area contributed by atoms with Gasteiger partial charge in [-0.05, 0) is 65.0 Å². The quantitative estimate of drug-likeness (QED) is 0.422. The number of aliphatic hydroxyl groups is 1. The average Bonchev–Trinajstić information content (AvgIpc) is 3.61. The molecule has 2 bridgehead atoms. The molecule has 2 N–H and O–H groups in total. The molecule has 44 heavy (non-hydrogen) atoms. The predicted molar refractivity (Wildman–Crippen MR) is 166 cm³/mol. The molecule has 4 aliphatic rings. The number of amides is 2. The number of carbonyl (C=O) groups is 2. The highest BCUT2D eigenvalue weighted by molar-refractivity contribution is 6.02. The van der Waals surface area contributed by atoms with Crippen molar-refractivity contribution in [3.63, 3.8) is 0 Å². The average molecular weight is 596 g/mol. The third kappa shape index (κ3) is 5.23. The highest BCUT2D eigenvalue weighted by atomic mass is 16.7. The van der Waals surface area contributed by atoms with Crippen molar-refractivity contribution in [2.75, 3.05) is 18.1 Å². The zero-order valence-electron chi connectivity index (χ0n) is 25.6. The number of aromatic nitrogens is 1. The number of aliphatic hydroxyl groups excluding tert-OH is 1. The van der Waals surface area contributed by atoms with Crippen LogP contribution in [-0.2, 0) is 30.9 Å². The molecule has 2 aromatic carbocycles. The van der Waals surface area contributed by atoms with Crippen LogP contribution in [0.15, 0.2) is 73.1 Å². The first-order valence-electron chi connectivity index (χ1n) is 15.8. The second-order valence-electron chi connectivity index (χ2n) is 13.9. The normalized spacial score (nSPS) is 29.5. The van der Waals surface area contributed by atoms with Crippen molar-refractivity contribution in [2.24, 2.45) is 23.7 Å². The van der Waals surface area contributed by atoms with Crippen molar-refractivity contribution in [3.05, 3.63) is 95.3 Å². The maximum absolute atomic E-state index is 15.0. The standard InChI is InChI=1S/C36H41N3O5/c1-36(2,3)25-10-12-26(13-11-25)39(34(42)28-15-24-20-44-35-29(24)16-23(28)19-43-35)32(22-8-6-14-37-18-22)33(41)38-31-27-9-5-4-7-21(27)17-30(31)40/h4-14,18,23-24,28-32,35,40H,15-17,19-20H2,1-3H3,(H,38,41)/t23?,24-,28?,29-,30-,31+,32?,35+/m0/s1. The fraction of sp³-hybridized carbons (Fsp3) is 0.472. The lowest BCUT2D eigenvalue weighted by atomic mass is 9.67. The maximum Gasteiger partial charge on any atom is 0.248 e. The number of anilines is 1. The van der Waals surface area contributed by atoms with Crippen molar-refractivity contribution >= 4 is 17.5 Å². The number of nitrogens with zero attached hydrogens (tertiary/aromatic N) is 2. The highest BCUT2D eigenvalue weighted by Gasteiger charge is 2.52. The van der Waals surface area contributed by atoms with Crippen LogP contribution in [0.3, 0.4) is 0 Å². The number of benzene rings is 2. The number of pyridine rings is 1. The summed E-state index contributed by atoms with van der Waals surface area (Å²) in [7, 11) is 0. The Bertz CT molecular complexity index is 1520. The molecule has 0 radical (unpaired) electrons. The first-order chi connectivity index (χ1) is 21.2. The van der Waals surface area contributed by atoms with E-state index in [0.717, 1.165) is 23.1 Å². The van der Waals surface area contributed by atoms with Gasteiger partial charge in [0.1, 0.15) is 6.04 Å². The van der Waals surface area contributed by atoms with Gasteiger partial charge in [-0.25, -0.2) is 0 Å². The summed E-state index contributed by atoms with van der Waals surface area (Å²) in [4.78, 5) is 35.5. The molecule has 8 nitrogen and oxygen atoms in total. The summed E-state index contributed by atoms with van der Waals surface area (Å²) >= 11 is 0. The van der Waals surface area contributed by atoms with Crippen molar-refractivity contribution in [3.8, 4) is 0 Å². The Labute approximate surface area is 258 Å². The lowest BCUT2D eigenvalue weighted by Crippen LogP contribution is -2.52. The largest absolute Gasteiger partial charge is 0.390 e. The second kappa shape index (κ2) is 11.4. The summed E-state index contributed by atoms with van der Waals surface area (Å²) in [6.07, 6.45) is 4.46. The molecule has 1 aromatic heterocycles. The van der Waals surface area contributed by atoms with Crippen LogP contribution in [0.1, 0.15) is 68.0 Å². The molecular formula is C36H41N3O5. The van der Waals surface area contributed by atoms with Gasteiger partial charge in [0, 0.05) is 41.9 Å². The van der Waals surface area contributed by atoms with Gasteiger partial charge in [0.25, 0.3) is 0 Å². The molecule has 3 heterocycles. The van der Waals surface area contributed by atoms with Crippen molar-refractivity contribution in [1.82, 2.24) is 10.3 Å². The van der Waals surface area contributed by atoms with E-state index in [0.29, 0.717) is 43.2 Å². The van der Waals surface area contributed by atoms with E-state index in [4.69, 9.17) is 9.47 Å². The molecule has 230 valence electrons. The predicted octanol–water partition coefficient (Wildman–Crippen LogP) is 4.87. The summed E-state index contributed by atoms with van der Waals surface area (Å²) in [5.41, 5.74) is 4.24. The van der Waals surface area contributed by atoms with Gasteiger partial charge in [-0.3, -0.25) is 19.5 Å². The third-order valence-electron chi connectivity index (χ3n) is 10.2. The number of ether oxygens (including phenoxy) is 2. The van der Waals surface area contributed by atoms with Crippen LogP contribution < -0.4 is 10.2 Å². The first kappa shape index (κ1) is 29.1. The van der Waals surface area contributed by atoms with Crippen molar-refractivity contribution < 1.29 is 24.2 Å². The summed E-state index contributed by atoms with van der Waals surface area (Å²) < 4.78 is 12.0.